The van der Waals surface area contributed by atoms with Crippen molar-refractivity contribution in [2.45, 2.75) is 32.5 Å². The average molecular weight is 325 g/mol. The van der Waals surface area contributed by atoms with Crippen molar-refractivity contribution in [2.75, 3.05) is 13.1 Å². The molecule has 0 radical (unpaired) electrons. The van der Waals surface area contributed by atoms with Crippen LogP contribution < -0.4 is 5.32 Å². The Balaban J connectivity index is 1.65. The Morgan fingerprint density at radius 3 is 2.79 bits per heavy atom. The average Bonchev–Trinajstić information content (AvgIpc) is 2.99. The Labute approximate surface area is 142 Å². The summed E-state index contributed by atoms with van der Waals surface area (Å²) in [7, 11) is 0. The van der Waals surface area contributed by atoms with Gasteiger partial charge in [-0.3, -0.25) is 14.7 Å². The largest absolute Gasteiger partial charge is 0.392 e. The van der Waals surface area contributed by atoms with Crippen molar-refractivity contribution in [1.82, 2.24) is 15.2 Å². The minimum Gasteiger partial charge on any atom is -0.392 e. The summed E-state index contributed by atoms with van der Waals surface area (Å²) in [6, 6.07) is 11.7. The van der Waals surface area contributed by atoms with E-state index in [4.69, 9.17) is 0 Å². The molecule has 1 aromatic carbocycles. The molecule has 0 unspecified atom stereocenters. The Bertz CT molecular complexity index is 717. The van der Waals surface area contributed by atoms with E-state index < -0.39 is 0 Å². The van der Waals surface area contributed by atoms with Crippen LogP contribution in [0.3, 0.4) is 0 Å². The molecular weight excluding hydrogens is 302 g/mol. The summed E-state index contributed by atoms with van der Waals surface area (Å²) in [5.74, 6) is -0.105. The van der Waals surface area contributed by atoms with E-state index in [0.717, 1.165) is 37.3 Å². The van der Waals surface area contributed by atoms with Gasteiger partial charge in [0, 0.05) is 38.1 Å². The molecule has 1 aliphatic rings. The quantitative estimate of drug-likeness (QED) is 0.881. The third-order valence-electron chi connectivity index (χ3n) is 4.45. The molecule has 1 aliphatic heterocycles. The van der Waals surface area contributed by atoms with E-state index in [0.29, 0.717) is 12.1 Å². The van der Waals surface area contributed by atoms with Crippen molar-refractivity contribution >= 4 is 5.91 Å². The van der Waals surface area contributed by atoms with Crippen molar-refractivity contribution in [2.24, 2.45) is 0 Å². The van der Waals surface area contributed by atoms with Crippen LogP contribution >= 0.6 is 0 Å². The fourth-order valence-corrected chi connectivity index (χ4v) is 3.08. The molecule has 1 saturated heterocycles. The predicted molar refractivity (Wildman–Crippen MR) is 92.5 cm³/mol. The maximum atomic E-state index is 12.3. The number of hydrogen-bond donors (Lipinski definition) is 2. The topological polar surface area (TPSA) is 65.5 Å². The smallest absolute Gasteiger partial charge is 0.253 e. The highest BCUT2D eigenvalue weighted by Gasteiger charge is 2.20. The van der Waals surface area contributed by atoms with Crippen molar-refractivity contribution in [1.29, 1.82) is 0 Å². The molecule has 1 atom stereocenters. The Morgan fingerprint density at radius 1 is 1.29 bits per heavy atom. The van der Waals surface area contributed by atoms with Crippen molar-refractivity contribution < 1.29 is 9.90 Å². The van der Waals surface area contributed by atoms with E-state index in [1.165, 1.54) is 5.56 Å². The van der Waals surface area contributed by atoms with Gasteiger partial charge in [0.05, 0.1) is 11.7 Å². The van der Waals surface area contributed by atoms with E-state index in [1.54, 1.807) is 18.3 Å². The molecule has 0 aliphatic carbocycles. The SMILES string of the molecule is Cc1ncccc1C(=O)NCc1ccccc1CN1CC[C@@H](O)C1. The number of benzene rings is 1. The van der Waals surface area contributed by atoms with Gasteiger partial charge in [-0.2, -0.15) is 0 Å². The van der Waals surface area contributed by atoms with Crippen LogP contribution in [0.25, 0.3) is 0 Å². The summed E-state index contributed by atoms with van der Waals surface area (Å²) in [4.78, 5) is 18.7. The van der Waals surface area contributed by atoms with Crippen LogP contribution in [-0.2, 0) is 13.1 Å². The van der Waals surface area contributed by atoms with Crippen LogP contribution in [0.15, 0.2) is 42.6 Å². The van der Waals surface area contributed by atoms with Gasteiger partial charge in [0.25, 0.3) is 5.91 Å². The summed E-state index contributed by atoms with van der Waals surface area (Å²) < 4.78 is 0. The molecule has 2 aromatic rings. The fraction of sp³-hybridized carbons (Fsp3) is 0.368. The molecule has 0 saturated carbocycles. The Morgan fingerprint density at radius 2 is 2.08 bits per heavy atom. The number of aryl methyl sites for hydroxylation is 1. The van der Waals surface area contributed by atoms with Crippen molar-refractivity contribution in [3.63, 3.8) is 0 Å². The number of aromatic nitrogens is 1. The maximum Gasteiger partial charge on any atom is 0.253 e. The number of carbonyl (C=O) groups excluding carboxylic acids is 1. The zero-order valence-electron chi connectivity index (χ0n) is 13.9. The standard InChI is InChI=1S/C19H23N3O2/c1-14-18(7-4-9-20-14)19(24)21-11-15-5-2-3-6-16(15)12-22-10-8-17(23)13-22/h2-7,9,17,23H,8,10-13H2,1H3,(H,21,24)/t17-/m1/s1. The number of nitrogens with zero attached hydrogens (tertiary/aromatic N) is 2. The van der Waals surface area contributed by atoms with E-state index in [9.17, 15) is 9.90 Å². The molecule has 0 bridgehead atoms. The summed E-state index contributed by atoms with van der Waals surface area (Å²) in [5.41, 5.74) is 3.63. The molecule has 2 N–H and O–H groups in total. The van der Waals surface area contributed by atoms with Crippen LogP contribution in [0.5, 0.6) is 0 Å². The summed E-state index contributed by atoms with van der Waals surface area (Å²) in [6.07, 6.45) is 2.30. The lowest BCUT2D eigenvalue weighted by Crippen LogP contribution is -2.26. The van der Waals surface area contributed by atoms with E-state index in [2.05, 4.69) is 21.3 Å². The second-order valence-corrected chi connectivity index (χ2v) is 6.27. The molecule has 1 amide bonds. The number of aliphatic hydroxyl groups is 1. The molecule has 2 heterocycles. The highest BCUT2D eigenvalue weighted by Crippen LogP contribution is 2.16. The van der Waals surface area contributed by atoms with Gasteiger partial charge in [0.15, 0.2) is 0 Å². The minimum atomic E-state index is -0.217. The van der Waals surface area contributed by atoms with Gasteiger partial charge in [-0.25, -0.2) is 0 Å². The maximum absolute atomic E-state index is 12.3. The van der Waals surface area contributed by atoms with Crippen LogP contribution in [0.2, 0.25) is 0 Å². The van der Waals surface area contributed by atoms with Crippen LogP contribution in [0.1, 0.15) is 33.6 Å². The number of aliphatic hydroxyl groups excluding tert-OH is 1. The molecule has 5 nitrogen and oxygen atoms in total. The number of carbonyl (C=O) groups is 1. The number of likely N-dealkylation sites (tertiary alicyclic amines) is 1. The Hall–Kier alpha value is -2.24. The number of β-amino-alcohol motifs (C(OH)–C–C–N with tert-alkyl or cyclic N) is 1. The minimum absolute atomic E-state index is 0.105. The number of nitrogens with one attached hydrogen (secondary N) is 1. The van der Waals surface area contributed by atoms with Crippen molar-refractivity contribution in [3.8, 4) is 0 Å². The van der Waals surface area contributed by atoms with E-state index >= 15 is 0 Å². The molecule has 126 valence electrons. The molecule has 3 rings (SSSR count). The van der Waals surface area contributed by atoms with Gasteiger partial charge in [0.1, 0.15) is 0 Å². The first-order valence-electron chi connectivity index (χ1n) is 8.30. The molecule has 24 heavy (non-hydrogen) atoms. The summed E-state index contributed by atoms with van der Waals surface area (Å²) in [6.45, 7) is 4.75. The number of amides is 1. The van der Waals surface area contributed by atoms with Crippen molar-refractivity contribution in [3.05, 3.63) is 65.0 Å². The van der Waals surface area contributed by atoms with Gasteiger partial charge in [-0.1, -0.05) is 24.3 Å². The third-order valence-corrected chi connectivity index (χ3v) is 4.45. The lowest BCUT2D eigenvalue weighted by Gasteiger charge is -2.18. The number of rotatable bonds is 5. The van der Waals surface area contributed by atoms with Gasteiger partial charge in [-0.05, 0) is 36.6 Å². The lowest BCUT2D eigenvalue weighted by molar-refractivity contribution is 0.0949. The first-order chi connectivity index (χ1) is 11.6. The highest BCUT2D eigenvalue weighted by atomic mass is 16.3. The number of pyridine rings is 1. The van der Waals surface area contributed by atoms with Gasteiger partial charge in [-0.15, -0.1) is 0 Å². The fourth-order valence-electron chi connectivity index (χ4n) is 3.08. The normalized spacial score (nSPS) is 17.8. The van der Waals surface area contributed by atoms with Gasteiger partial charge < -0.3 is 10.4 Å². The van der Waals surface area contributed by atoms with Crippen LogP contribution in [-0.4, -0.2) is 40.1 Å². The van der Waals surface area contributed by atoms with Crippen LogP contribution in [0.4, 0.5) is 0 Å². The monoisotopic (exact) mass is 325 g/mol. The first kappa shape index (κ1) is 16.6. The molecule has 5 heteroatoms. The predicted octanol–water partition coefficient (Wildman–Crippen LogP) is 1.89. The summed E-state index contributed by atoms with van der Waals surface area (Å²) >= 11 is 0. The Kier molecular flexibility index (Phi) is 5.23. The second kappa shape index (κ2) is 7.55. The molecule has 1 fully saturated rings. The van der Waals surface area contributed by atoms with Crippen LogP contribution in [0, 0.1) is 6.92 Å². The third kappa shape index (κ3) is 3.99. The van der Waals surface area contributed by atoms with Gasteiger partial charge >= 0.3 is 0 Å². The zero-order valence-corrected chi connectivity index (χ0v) is 13.9. The molecular formula is C19H23N3O2. The molecule has 0 spiro atoms. The lowest BCUT2D eigenvalue weighted by atomic mass is 10.1. The zero-order chi connectivity index (χ0) is 16.9. The molecule has 1 aromatic heterocycles. The van der Waals surface area contributed by atoms with E-state index in [-0.39, 0.29) is 12.0 Å². The first-order valence-corrected chi connectivity index (χ1v) is 8.30. The second-order valence-electron chi connectivity index (χ2n) is 6.27. The highest BCUT2D eigenvalue weighted by molar-refractivity contribution is 5.95. The van der Waals surface area contributed by atoms with Gasteiger partial charge in [0.2, 0.25) is 0 Å². The van der Waals surface area contributed by atoms with E-state index in [1.807, 2.05) is 25.1 Å². The summed E-state index contributed by atoms with van der Waals surface area (Å²) in [5, 5.41) is 12.7. The number of hydrogen-bond acceptors (Lipinski definition) is 4.